The SMILES string of the molecule is Oc1cc(O)cc([C@@H]2COCCN2)c1. The number of phenolic OH excluding ortho intramolecular Hbond substituents is 2. The molecule has 0 radical (unpaired) electrons. The Balaban J connectivity index is 2.21. The van der Waals surface area contributed by atoms with Crippen molar-refractivity contribution >= 4 is 0 Å². The molecule has 1 saturated heterocycles. The first kappa shape index (κ1) is 9.30. The van der Waals surface area contributed by atoms with Crippen molar-refractivity contribution in [2.24, 2.45) is 0 Å². The van der Waals surface area contributed by atoms with Crippen molar-refractivity contribution in [1.29, 1.82) is 0 Å². The molecular formula is C10H13NO3. The maximum absolute atomic E-state index is 9.30. The van der Waals surface area contributed by atoms with E-state index >= 15 is 0 Å². The van der Waals surface area contributed by atoms with Crippen LogP contribution in [-0.2, 0) is 4.74 Å². The minimum absolute atomic E-state index is 0.0572. The van der Waals surface area contributed by atoms with Crippen molar-refractivity contribution in [3.8, 4) is 11.5 Å². The summed E-state index contributed by atoms with van der Waals surface area (Å²) < 4.78 is 5.29. The molecule has 1 aromatic carbocycles. The molecule has 14 heavy (non-hydrogen) atoms. The number of benzene rings is 1. The normalized spacial score (nSPS) is 22.1. The number of hydrogen-bond donors (Lipinski definition) is 3. The number of morpholine rings is 1. The molecule has 76 valence electrons. The average Bonchev–Trinajstić information content (AvgIpc) is 2.18. The van der Waals surface area contributed by atoms with Crippen molar-refractivity contribution < 1.29 is 14.9 Å². The minimum Gasteiger partial charge on any atom is -0.508 e. The lowest BCUT2D eigenvalue weighted by molar-refractivity contribution is 0.0767. The number of aromatic hydroxyl groups is 2. The van der Waals surface area contributed by atoms with E-state index in [2.05, 4.69) is 5.32 Å². The van der Waals surface area contributed by atoms with Crippen LogP contribution in [0.1, 0.15) is 11.6 Å². The van der Waals surface area contributed by atoms with Crippen molar-refractivity contribution in [1.82, 2.24) is 5.32 Å². The van der Waals surface area contributed by atoms with E-state index in [9.17, 15) is 10.2 Å². The Kier molecular flexibility index (Phi) is 2.56. The zero-order valence-corrected chi connectivity index (χ0v) is 7.73. The van der Waals surface area contributed by atoms with E-state index in [1.54, 1.807) is 12.1 Å². The molecule has 1 aromatic rings. The van der Waals surface area contributed by atoms with Crippen LogP contribution in [0.3, 0.4) is 0 Å². The highest BCUT2D eigenvalue weighted by Crippen LogP contribution is 2.25. The molecule has 0 amide bonds. The fourth-order valence-electron chi connectivity index (χ4n) is 1.60. The van der Waals surface area contributed by atoms with Crippen LogP contribution in [0, 0.1) is 0 Å². The summed E-state index contributed by atoms with van der Waals surface area (Å²) in [7, 11) is 0. The number of hydrogen-bond acceptors (Lipinski definition) is 4. The molecule has 1 fully saturated rings. The van der Waals surface area contributed by atoms with E-state index in [-0.39, 0.29) is 17.5 Å². The summed E-state index contributed by atoms with van der Waals surface area (Å²) in [5.74, 6) is 0.153. The van der Waals surface area contributed by atoms with E-state index in [0.29, 0.717) is 13.2 Å². The molecule has 3 N–H and O–H groups in total. The van der Waals surface area contributed by atoms with E-state index in [0.717, 1.165) is 12.1 Å². The van der Waals surface area contributed by atoms with Gasteiger partial charge in [0.25, 0.3) is 0 Å². The lowest BCUT2D eigenvalue weighted by Gasteiger charge is -2.24. The second kappa shape index (κ2) is 3.86. The molecule has 4 heteroatoms. The van der Waals surface area contributed by atoms with Gasteiger partial charge in [-0.1, -0.05) is 0 Å². The van der Waals surface area contributed by atoms with Crippen LogP contribution >= 0.6 is 0 Å². The predicted octanol–water partition coefficient (Wildman–Crippen LogP) is 0.759. The Bertz CT molecular complexity index is 301. The molecule has 0 aliphatic carbocycles. The largest absolute Gasteiger partial charge is 0.508 e. The van der Waals surface area contributed by atoms with Gasteiger partial charge in [-0.15, -0.1) is 0 Å². The van der Waals surface area contributed by atoms with Crippen molar-refractivity contribution in [2.75, 3.05) is 19.8 Å². The Hall–Kier alpha value is -1.26. The number of nitrogens with one attached hydrogen (secondary N) is 1. The quantitative estimate of drug-likeness (QED) is 0.619. The van der Waals surface area contributed by atoms with Gasteiger partial charge in [0.15, 0.2) is 0 Å². The Morgan fingerprint density at radius 2 is 1.93 bits per heavy atom. The minimum atomic E-state index is 0.0572. The molecule has 0 unspecified atom stereocenters. The number of ether oxygens (including phenoxy) is 1. The van der Waals surface area contributed by atoms with Crippen LogP contribution in [-0.4, -0.2) is 30.0 Å². The van der Waals surface area contributed by atoms with Crippen molar-refractivity contribution in [3.05, 3.63) is 23.8 Å². The van der Waals surface area contributed by atoms with Gasteiger partial charge in [0.2, 0.25) is 0 Å². The third kappa shape index (κ3) is 1.97. The van der Waals surface area contributed by atoms with Crippen LogP contribution in [0.25, 0.3) is 0 Å². The summed E-state index contributed by atoms with van der Waals surface area (Å²) in [6, 6.07) is 4.63. The molecular weight excluding hydrogens is 182 g/mol. The van der Waals surface area contributed by atoms with E-state index < -0.39 is 0 Å². The van der Waals surface area contributed by atoms with Crippen LogP contribution in [0.2, 0.25) is 0 Å². The molecule has 1 heterocycles. The lowest BCUT2D eigenvalue weighted by atomic mass is 10.1. The zero-order valence-electron chi connectivity index (χ0n) is 7.73. The molecule has 0 spiro atoms. The topological polar surface area (TPSA) is 61.7 Å². The summed E-state index contributed by atoms with van der Waals surface area (Å²) in [6.45, 7) is 2.07. The van der Waals surface area contributed by atoms with Gasteiger partial charge in [-0.05, 0) is 17.7 Å². The Morgan fingerprint density at radius 3 is 2.50 bits per heavy atom. The summed E-state index contributed by atoms with van der Waals surface area (Å²) in [4.78, 5) is 0. The lowest BCUT2D eigenvalue weighted by Crippen LogP contribution is -2.34. The van der Waals surface area contributed by atoms with E-state index in [1.807, 2.05) is 0 Å². The maximum atomic E-state index is 9.30. The summed E-state index contributed by atoms with van der Waals surface area (Å²) >= 11 is 0. The fraction of sp³-hybridized carbons (Fsp3) is 0.400. The molecule has 1 aliphatic rings. The van der Waals surface area contributed by atoms with Gasteiger partial charge in [0, 0.05) is 12.6 Å². The number of phenols is 2. The van der Waals surface area contributed by atoms with Gasteiger partial charge in [0.1, 0.15) is 11.5 Å². The smallest absolute Gasteiger partial charge is 0.119 e. The van der Waals surface area contributed by atoms with Gasteiger partial charge in [0.05, 0.1) is 19.3 Å². The van der Waals surface area contributed by atoms with E-state index in [4.69, 9.17) is 4.74 Å². The third-order valence-electron chi connectivity index (χ3n) is 2.25. The zero-order chi connectivity index (χ0) is 9.97. The predicted molar refractivity (Wildman–Crippen MR) is 51.3 cm³/mol. The van der Waals surface area contributed by atoms with E-state index in [1.165, 1.54) is 6.07 Å². The van der Waals surface area contributed by atoms with Crippen molar-refractivity contribution in [3.63, 3.8) is 0 Å². The second-order valence-electron chi connectivity index (χ2n) is 3.36. The molecule has 0 saturated carbocycles. The highest BCUT2D eigenvalue weighted by molar-refractivity contribution is 5.38. The first-order valence-electron chi connectivity index (χ1n) is 4.60. The van der Waals surface area contributed by atoms with Crippen LogP contribution in [0.15, 0.2) is 18.2 Å². The molecule has 1 aliphatic heterocycles. The maximum Gasteiger partial charge on any atom is 0.119 e. The number of rotatable bonds is 1. The van der Waals surface area contributed by atoms with Crippen LogP contribution in [0.4, 0.5) is 0 Å². The van der Waals surface area contributed by atoms with Gasteiger partial charge in [-0.25, -0.2) is 0 Å². The van der Waals surface area contributed by atoms with Crippen LogP contribution in [0.5, 0.6) is 11.5 Å². The van der Waals surface area contributed by atoms with Gasteiger partial charge in [-0.2, -0.15) is 0 Å². The highest BCUT2D eigenvalue weighted by atomic mass is 16.5. The monoisotopic (exact) mass is 195 g/mol. The molecule has 2 rings (SSSR count). The van der Waals surface area contributed by atoms with Gasteiger partial charge >= 0.3 is 0 Å². The molecule has 1 atom stereocenters. The average molecular weight is 195 g/mol. The van der Waals surface area contributed by atoms with Crippen LogP contribution < -0.4 is 5.32 Å². The fourth-order valence-corrected chi connectivity index (χ4v) is 1.60. The summed E-state index contributed by atoms with van der Waals surface area (Å²) in [5.41, 5.74) is 0.849. The van der Waals surface area contributed by atoms with Crippen molar-refractivity contribution in [2.45, 2.75) is 6.04 Å². The second-order valence-corrected chi connectivity index (χ2v) is 3.36. The standard InChI is InChI=1S/C10H13NO3/c12-8-3-7(4-9(13)5-8)10-6-14-2-1-11-10/h3-5,10-13H,1-2,6H2/t10-/m0/s1. The molecule has 4 nitrogen and oxygen atoms in total. The third-order valence-corrected chi connectivity index (χ3v) is 2.25. The Morgan fingerprint density at radius 1 is 1.21 bits per heavy atom. The van der Waals surface area contributed by atoms with Gasteiger partial charge in [-0.3, -0.25) is 0 Å². The Labute approximate surface area is 82.1 Å². The first-order valence-corrected chi connectivity index (χ1v) is 4.60. The van der Waals surface area contributed by atoms with Gasteiger partial charge < -0.3 is 20.3 Å². The first-order chi connectivity index (χ1) is 6.75. The highest BCUT2D eigenvalue weighted by Gasteiger charge is 2.16. The molecule has 0 bridgehead atoms. The summed E-state index contributed by atoms with van der Waals surface area (Å²) in [5, 5.41) is 21.8. The molecule has 0 aromatic heterocycles. The summed E-state index contributed by atoms with van der Waals surface area (Å²) in [6.07, 6.45) is 0.